The minimum atomic E-state index is -0.464. The van der Waals surface area contributed by atoms with E-state index in [-0.39, 0.29) is 11.5 Å². The van der Waals surface area contributed by atoms with Crippen molar-refractivity contribution in [3.63, 3.8) is 0 Å². The Kier molecular flexibility index (Phi) is 6.72. The molecule has 148 valence electrons. The summed E-state index contributed by atoms with van der Waals surface area (Å²) in [7, 11) is 0. The Morgan fingerprint density at radius 2 is 2.03 bits per heavy atom. The molecule has 0 aliphatic carbocycles. The molecule has 0 saturated carbocycles. The first-order valence-corrected chi connectivity index (χ1v) is 10.8. The van der Waals surface area contributed by atoms with Gasteiger partial charge in [0, 0.05) is 16.7 Å². The lowest BCUT2D eigenvalue weighted by molar-refractivity contribution is -0.115. The van der Waals surface area contributed by atoms with E-state index in [0.29, 0.717) is 33.9 Å². The Morgan fingerprint density at radius 1 is 1.31 bits per heavy atom. The van der Waals surface area contributed by atoms with Crippen LogP contribution in [0.4, 0.5) is 5.69 Å². The number of nitriles is 1. The molecule has 1 unspecified atom stereocenters. The lowest BCUT2D eigenvalue weighted by atomic mass is 10.2. The van der Waals surface area contributed by atoms with Gasteiger partial charge in [0.05, 0.1) is 27.8 Å². The number of hydrogen-bond acceptors (Lipinski definition) is 5. The van der Waals surface area contributed by atoms with Gasteiger partial charge in [-0.1, -0.05) is 34.6 Å². The van der Waals surface area contributed by atoms with Gasteiger partial charge in [-0.05, 0) is 55.8 Å². The molecule has 0 fully saturated rings. The van der Waals surface area contributed by atoms with Gasteiger partial charge in [-0.2, -0.15) is 5.26 Å². The van der Waals surface area contributed by atoms with Crippen LogP contribution in [0.5, 0.6) is 0 Å². The Balaban J connectivity index is 1.86. The smallest absolute Gasteiger partial charge is 0.262 e. The first-order valence-electron chi connectivity index (χ1n) is 9.10. The monoisotopic (exact) mass is 470 g/mol. The normalized spacial score (nSPS) is 11.8. The molecule has 2 aromatic carbocycles. The number of nitrogens with zero attached hydrogens (tertiary/aromatic N) is 3. The van der Waals surface area contributed by atoms with Gasteiger partial charge in [-0.25, -0.2) is 4.98 Å². The van der Waals surface area contributed by atoms with Crippen molar-refractivity contribution in [2.24, 2.45) is 0 Å². The number of hydrogen-bond donors (Lipinski definition) is 1. The first kappa shape index (κ1) is 21.1. The second kappa shape index (κ2) is 9.25. The van der Waals surface area contributed by atoms with Crippen molar-refractivity contribution < 1.29 is 4.79 Å². The molecule has 0 spiro atoms. The maximum Gasteiger partial charge on any atom is 0.262 e. The highest BCUT2D eigenvalue weighted by Gasteiger charge is 2.19. The molecule has 29 heavy (non-hydrogen) atoms. The van der Waals surface area contributed by atoms with Crippen LogP contribution in [0, 0.1) is 11.3 Å². The minimum Gasteiger partial charge on any atom is -0.325 e. The van der Waals surface area contributed by atoms with Gasteiger partial charge in [0.1, 0.15) is 0 Å². The van der Waals surface area contributed by atoms with Gasteiger partial charge in [0.15, 0.2) is 5.16 Å². The second-order valence-corrected chi connectivity index (χ2v) is 8.67. The predicted molar refractivity (Wildman–Crippen MR) is 119 cm³/mol. The number of carbonyl (C=O) groups excluding carboxylic acids is 1. The SMILES string of the molecule is CCCn1c(SC(C)C(=O)Nc2ccc(C#N)cc2)nc2ccc(Br)cc2c1=O. The highest BCUT2D eigenvalue weighted by Crippen LogP contribution is 2.25. The molecule has 0 bridgehead atoms. The number of nitrogens with one attached hydrogen (secondary N) is 1. The fourth-order valence-electron chi connectivity index (χ4n) is 2.77. The summed E-state index contributed by atoms with van der Waals surface area (Å²) in [6.45, 7) is 4.30. The molecule has 0 aliphatic rings. The first-order chi connectivity index (χ1) is 13.9. The third-order valence-corrected chi connectivity index (χ3v) is 5.84. The van der Waals surface area contributed by atoms with Crippen LogP contribution in [0.2, 0.25) is 0 Å². The van der Waals surface area contributed by atoms with Gasteiger partial charge in [-0.3, -0.25) is 14.2 Å². The number of rotatable bonds is 6. The molecule has 1 atom stereocenters. The van der Waals surface area contributed by atoms with E-state index in [1.54, 1.807) is 47.9 Å². The lowest BCUT2D eigenvalue weighted by Crippen LogP contribution is -2.27. The van der Waals surface area contributed by atoms with Crippen LogP contribution in [-0.4, -0.2) is 20.7 Å². The Bertz CT molecular complexity index is 1150. The number of amides is 1. The highest BCUT2D eigenvalue weighted by molar-refractivity contribution is 9.10. The molecule has 1 aromatic heterocycles. The summed E-state index contributed by atoms with van der Waals surface area (Å²) in [6.07, 6.45) is 0.778. The van der Waals surface area contributed by atoms with E-state index in [1.807, 2.05) is 19.1 Å². The maximum absolute atomic E-state index is 13.0. The number of anilines is 1. The summed E-state index contributed by atoms with van der Waals surface area (Å²) in [5, 5.41) is 12.3. The van der Waals surface area contributed by atoms with Crippen molar-refractivity contribution in [3.05, 3.63) is 62.9 Å². The minimum absolute atomic E-state index is 0.111. The number of benzene rings is 2. The van der Waals surface area contributed by atoms with Crippen molar-refractivity contribution in [2.75, 3.05) is 5.32 Å². The maximum atomic E-state index is 13.0. The number of fused-ring (bicyclic) bond motifs is 1. The fraction of sp³-hybridized carbons (Fsp3) is 0.238. The van der Waals surface area contributed by atoms with Crippen molar-refractivity contribution in [1.82, 2.24) is 9.55 Å². The molecule has 1 amide bonds. The number of halogens is 1. The van der Waals surface area contributed by atoms with E-state index in [4.69, 9.17) is 5.26 Å². The molecule has 0 aliphatic heterocycles. The van der Waals surface area contributed by atoms with Gasteiger partial charge in [0.2, 0.25) is 5.91 Å². The van der Waals surface area contributed by atoms with Crippen LogP contribution < -0.4 is 10.9 Å². The zero-order valence-corrected chi connectivity index (χ0v) is 18.4. The molecule has 6 nitrogen and oxygen atoms in total. The Hall–Kier alpha value is -2.63. The Morgan fingerprint density at radius 3 is 2.69 bits per heavy atom. The zero-order chi connectivity index (χ0) is 21.0. The van der Waals surface area contributed by atoms with Crippen LogP contribution in [0.25, 0.3) is 10.9 Å². The van der Waals surface area contributed by atoms with Crippen LogP contribution in [0.15, 0.2) is 56.9 Å². The van der Waals surface area contributed by atoms with E-state index >= 15 is 0 Å². The molecule has 1 N–H and O–H groups in total. The molecule has 8 heteroatoms. The molecule has 3 rings (SSSR count). The standard InChI is InChI=1S/C21H19BrN4O2S/c1-3-10-26-20(28)17-11-15(22)6-9-18(17)25-21(26)29-13(2)19(27)24-16-7-4-14(12-23)5-8-16/h4-9,11,13H,3,10H2,1-2H3,(H,24,27). The number of aromatic nitrogens is 2. The van der Waals surface area contributed by atoms with E-state index < -0.39 is 5.25 Å². The van der Waals surface area contributed by atoms with Crippen molar-refractivity contribution in [2.45, 2.75) is 37.2 Å². The van der Waals surface area contributed by atoms with Crippen molar-refractivity contribution in [3.8, 4) is 6.07 Å². The summed E-state index contributed by atoms with van der Waals surface area (Å²) in [6, 6.07) is 14.1. The molecular weight excluding hydrogens is 452 g/mol. The Labute approximate surface area is 181 Å². The molecular formula is C21H19BrN4O2S. The summed E-state index contributed by atoms with van der Waals surface area (Å²) >= 11 is 4.65. The second-order valence-electron chi connectivity index (χ2n) is 6.45. The van der Waals surface area contributed by atoms with Crippen molar-refractivity contribution >= 4 is 50.2 Å². The molecule has 0 saturated heterocycles. The lowest BCUT2D eigenvalue weighted by Gasteiger charge is -2.16. The quantitative estimate of drug-likeness (QED) is 0.421. The van der Waals surface area contributed by atoms with E-state index in [1.165, 1.54) is 11.8 Å². The number of carbonyl (C=O) groups is 1. The van der Waals surface area contributed by atoms with Crippen LogP contribution in [-0.2, 0) is 11.3 Å². The van der Waals surface area contributed by atoms with Gasteiger partial charge < -0.3 is 5.32 Å². The third-order valence-electron chi connectivity index (χ3n) is 4.26. The van der Waals surface area contributed by atoms with Crippen LogP contribution >= 0.6 is 27.7 Å². The van der Waals surface area contributed by atoms with E-state index in [2.05, 4.69) is 26.2 Å². The average molecular weight is 471 g/mol. The summed E-state index contributed by atoms with van der Waals surface area (Å²) < 4.78 is 2.45. The highest BCUT2D eigenvalue weighted by atomic mass is 79.9. The van der Waals surface area contributed by atoms with Crippen LogP contribution in [0.1, 0.15) is 25.8 Å². The van der Waals surface area contributed by atoms with E-state index in [9.17, 15) is 9.59 Å². The zero-order valence-electron chi connectivity index (χ0n) is 16.0. The van der Waals surface area contributed by atoms with Crippen molar-refractivity contribution in [1.29, 1.82) is 5.26 Å². The largest absolute Gasteiger partial charge is 0.325 e. The topological polar surface area (TPSA) is 87.8 Å². The third kappa shape index (κ3) is 4.86. The molecule has 0 radical (unpaired) electrons. The summed E-state index contributed by atoms with van der Waals surface area (Å²) in [5.74, 6) is -0.201. The fourth-order valence-corrected chi connectivity index (χ4v) is 4.06. The van der Waals surface area contributed by atoms with Gasteiger partial charge >= 0.3 is 0 Å². The number of thioether (sulfide) groups is 1. The molecule has 1 heterocycles. The van der Waals surface area contributed by atoms with Gasteiger partial charge in [-0.15, -0.1) is 0 Å². The van der Waals surface area contributed by atoms with Crippen LogP contribution in [0.3, 0.4) is 0 Å². The summed E-state index contributed by atoms with van der Waals surface area (Å²) in [4.78, 5) is 30.2. The average Bonchev–Trinajstić information content (AvgIpc) is 2.72. The summed E-state index contributed by atoms with van der Waals surface area (Å²) in [5.41, 5.74) is 1.64. The molecule has 3 aromatic rings. The predicted octanol–water partition coefficient (Wildman–Crippen LogP) is 4.56. The van der Waals surface area contributed by atoms with Gasteiger partial charge in [0.25, 0.3) is 5.56 Å². The van der Waals surface area contributed by atoms with E-state index in [0.717, 1.165) is 10.9 Å².